The van der Waals surface area contributed by atoms with E-state index in [0.29, 0.717) is 12.1 Å². The van der Waals surface area contributed by atoms with Crippen molar-refractivity contribution in [2.24, 2.45) is 5.41 Å². The molecule has 26 heavy (non-hydrogen) atoms. The number of nitro groups is 1. The number of hydrogen-bond donors (Lipinski definition) is 0. The molecule has 0 N–H and O–H groups in total. The summed E-state index contributed by atoms with van der Waals surface area (Å²) in [6, 6.07) is 7.23. The fourth-order valence-electron chi connectivity index (χ4n) is 3.90. The number of nitro benzene ring substituents is 1. The molecule has 6 nitrogen and oxygen atoms in total. The van der Waals surface area contributed by atoms with Crippen LogP contribution in [0.2, 0.25) is 0 Å². The Morgan fingerprint density at radius 3 is 2.27 bits per heavy atom. The molecule has 0 spiro atoms. The number of carbonyl (C=O) groups is 1. The van der Waals surface area contributed by atoms with Crippen molar-refractivity contribution in [1.82, 2.24) is 9.80 Å². The number of non-ortho nitro benzene ring substituents is 1. The van der Waals surface area contributed by atoms with E-state index in [0.717, 1.165) is 38.0 Å². The maximum Gasteiger partial charge on any atom is 0.269 e. The van der Waals surface area contributed by atoms with E-state index in [1.54, 1.807) is 12.1 Å². The second-order valence-corrected chi connectivity index (χ2v) is 8.32. The monoisotopic (exact) mass is 357 g/mol. The number of amides is 1. The second-order valence-electron chi connectivity index (χ2n) is 8.32. The van der Waals surface area contributed by atoms with Crippen molar-refractivity contribution in [2.45, 2.75) is 45.7 Å². The van der Waals surface area contributed by atoms with Gasteiger partial charge in [-0.25, -0.2) is 0 Å². The lowest BCUT2D eigenvalue weighted by Gasteiger charge is -2.43. The molecule has 0 radical (unpaired) electrons. The number of rotatable bonds is 4. The van der Waals surface area contributed by atoms with Crippen LogP contribution >= 0.6 is 0 Å². The van der Waals surface area contributed by atoms with Crippen LogP contribution < -0.4 is 0 Å². The number of nitrogens with zero attached hydrogens (tertiary/aromatic N) is 3. The first kappa shape index (κ1) is 18.6. The van der Waals surface area contributed by atoms with Crippen LogP contribution in [0, 0.1) is 15.5 Å². The molecular formula is C20H27N3O3. The van der Waals surface area contributed by atoms with Crippen LogP contribution in [0.15, 0.2) is 30.3 Å². The smallest absolute Gasteiger partial charge is 0.269 e. The van der Waals surface area contributed by atoms with Crippen LogP contribution in [-0.4, -0.2) is 52.3 Å². The Morgan fingerprint density at radius 1 is 1.19 bits per heavy atom. The normalized spacial score (nSPS) is 23.6. The predicted octanol–water partition coefficient (Wildman–Crippen LogP) is 3.33. The molecule has 1 aromatic rings. The van der Waals surface area contributed by atoms with Crippen molar-refractivity contribution in [3.8, 4) is 0 Å². The number of fused-ring (bicyclic) bond motifs is 2. The quantitative estimate of drug-likeness (QED) is 0.612. The molecule has 3 rings (SSSR count). The number of likely N-dealkylation sites (tertiary alicyclic amines) is 1. The summed E-state index contributed by atoms with van der Waals surface area (Å²) in [6.45, 7) is 8.66. The molecule has 2 aliphatic heterocycles. The van der Waals surface area contributed by atoms with E-state index in [1.807, 2.05) is 26.8 Å². The van der Waals surface area contributed by atoms with E-state index >= 15 is 0 Å². The Balaban J connectivity index is 1.57. The molecule has 2 bridgehead atoms. The first-order chi connectivity index (χ1) is 12.3. The minimum Gasteiger partial charge on any atom is -0.334 e. The van der Waals surface area contributed by atoms with Gasteiger partial charge in [-0.2, -0.15) is 0 Å². The van der Waals surface area contributed by atoms with E-state index in [1.165, 1.54) is 12.1 Å². The zero-order valence-electron chi connectivity index (χ0n) is 15.7. The van der Waals surface area contributed by atoms with Crippen molar-refractivity contribution in [3.63, 3.8) is 0 Å². The summed E-state index contributed by atoms with van der Waals surface area (Å²) in [7, 11) is 0. The van der Waals surface area contributed by atoms with Gasteiger partial charge in [0, 0.05) is 49.3 Å². The van der Waals surface area contributed by atoms with E-state index in [-0.39, 0.29) is 21.9 Å². The number of piperazine rings is 1. The standard InChI is InChI=1S/C20H27N3O3/c1-20(2,3)19(24)22-17-10-11-18(22)14-21(13-17)12-4-5-15-6-8-16(9-7-15)23(25)26/h4-9,17-18H,10-14H2,1-3H3/b5-4+/t17-,18+. The van der Waals surface area contributed by atoms with E-state index in [2.05, 4.69) is 15.9 Å². The maximum absolute atomic E-state index is 12.7. The topological polar surface area (TPSA) is 66.7 Å². The van der Waals surface area contributed by atoms with Gasteiger partial charge in [0.05, 0.1) is 4.92 Å². The largest absolute Gasteiger partial charge is 0.334 e. The first-order valence-electron chi connectivity index (χ1n) is 9.22. The highest BCUT2D eigenvalue weighted by Gasteiger charge is 2.44. The Bertz CT molecular complexity index is 692. The van der Waals surface area contributed by atoms with Gasteiger partial charge in [-0.05, 0) is 30.5 Å². The van der Waals surface area contributed by atoms with Crippen LogP contribution in [0.3, 0.4) is 0 Å². The molecule has 0 unspecified atom stereocenters. The van der Waals surface area contributed by atoms with Crippen molar-refractivity contribution in [3.05, 3.63) is 46.0 Å². The summed E-state index contributed by atoms with van der Waals surface area (Å²) in [4.78, 5) is 27.5. The maximum atomic E-state index is 12.7. The lowest BCUT2D eigenvalue weighted by molar-refractivity contribution is -0.384. The first-order valence-corrected chi connectivity index (χ1v) is 9.22. The zero-order valence-corrected chi connectivity index (χ0v) is 15.7. The van der Waals surface area contributed by atoms with Gasteiger partial charge in [0.15, 0.2) is 0 Å². The third-order valence-corrected chi connectivity index (χ3v) is 5.21. The van der Waals surface area contributed by atoms with Gasteiger partial charge in [-0.15, -0.1) is 0 Å². The van der Waals surface area contributed by atoms with Crippen LogP contribution in [0.4, 0.5) is 5.69 Å². The van der Waals surface area contributed by atoms with Crippen LogP contribution in [0.1, 0.15) is 39.2 Å². The van der Waals surface area contributed by atoms with Gasteiger partial charge < -0.3 is 4.90 Å². The van der Waals surface area contributed by atoms with Crippen molar-refractivity contribution in [1.29, 1.82) is 0 Å². The Hall–Kier alpha value is -2.21. The van der Waals surface area contributed by atoms with Gasteiger partial charge >= 0.3 is 0 Å². The minimum absolute atomic E-state index is 0.110. The van der Waals surface area contributed by atoms with E-state index in [9.17, 15) is 14.9 Å². The second kappa shape index (κ2) is 7.19. The molecule has 6 heteroatoms. The molecule has 2 atom stereocenters. The molecule has 0 aromatic heterocycles. The predicted molar refractivity (Wildman–Crippen MR) is 102 cm³/mol. The molecular weight excluding hydrogens is 330 g/mol. The fourth-order valence-corrected chi connectivity index (χ4v) is 3.90. The highest BCUT2D eigenvalue weighted by molar-refractivity contribution is 5.82. The number of hydrogen-bond acceptors (Lipinski definition) is 4. The molecule has 2 saturated heterocycles. The van der Waals surface area contributed by atoms with Crippen LogP contribution in [0.5, 0.6) is 0 Å². The average molecular weight is 357 g/mol. The van der Waals surface area contributed by atoms with Crippen molar-refractivity contribution < 1.29 is 9.72 Å². The van der Waals surface area contributed by atoms with Gasteiger partial charge in [0.2, 0.25) is 5.91 Å². The summed E-state index contributed by atoms with van der Waals surface area (Å²) in [5.74, 6) is 0.270. The average Bonchev–Trinajstić information content (AvgIpc) is 2.84. The molecule has 1 amide bonds. The van der Waals surface area contributed by atoms with E-state index in [4.69, 9.17) is 0 Å². The van der Waals surface area contributed by atoms with Crippen molar-refractivity contribution >= 4 is 17.7 Å². The molecule has 0 saturated carbocycles. The summed E-state index contributed by atoms with van der Waals surface area (Å²) in [5, 5.41) is 10.7. The summed E-state index contributed by atoms with van der Waals surface area (Å²) in [6.07, 6.45) is 6.28. The highest BCUT2D eigenvalue weighted by Crippen LogP contribution is 2.34. The summed E-state index contributed by atoms with van der Waals surface area (Å²) in [5.41, 5.74) is 0.747. The highest BCUT2D eigenvalue weighted by atomic mass is 16.6. The number of carbonyl (C=O) groups excluding carboxylic acids is 1. The van der Waals surface area contributed by atoms with Gasteiger partial charge in [-0.1, -0.05) is 32.9 Å². The van der Waals surface area contributed by atoms with E-state index < -0.39 is 0 Å². The molecule has 1 aromatic carbocycles. The Labute approximate surface area is 154 Å². The summed E-state index contributed by atoms with van der Waals surface area (Å²) >= 11 is 0. The minimum atomic E-state index is -0.387. The zero-order chi connectivity index (χ0) is 18.9. The van der Waals surface area contributed by atoms with Crippen LogP contribution in [0.25, 0.3) is 6.08 Å². The van der Waals surface area contributed by atoms with Crippen LogP contribution in [-0.2, 0) is 4.79 Å². The van der Waals surface area contributed by atoms with Gasteiger partial charge in [0.1, 0.15) is 0 Å². The lowest BCUT2D eigenvalue weighted by atomic mass is 9.93. The summed E-state index contributed by atoms with van der Waals surface area (Å²) < 4.78 is 0. The van der Waals surface area contributed by atoms with Gasteiger partial charge in [-0.3, -0.25) is 19.8 Å². The third-order valence-electron chi connectivity index (χ3n) is 5.21. The SMILES string of the molecule is CC(C)(C)C(=O)N1[C@@H]2CC[C@H]1CN(C/C=C/c1ccc([N+](=O)[O-])cc1)C2. The lowest BCUT2D eigenvalue weighted by Crippen LogP contribution is -2.58. The number of benzene rings is 1. The Kier molecular flexibility index (Phi) is 5.14. The molecule has 2 fully saturated rings. The molecule has 0 aliphatic carbocycles. The Morgan fingerprint density at radius 2 is 1.77 bits per heavy atom. The van der Waals surface area contributed by atoms with Crippen molar-refractivity contribution in [2.75, 3.05) is 19.6 Å². The fraction of sp³-hybridized carbons (Fsp3) is 0.550. The molecule has 140 valence electrons. The molecule has 2 aliphatic rings. The third kappa shape index (κ3) is 3.96. The van der Waals surface area contributed by atoms with Gasteiger partial charge in [0.25, 0.3) is 5.69 Å². The molecule has 2 heterocycles.